The number of nitrogens with zero attached hydrogens (tertiary/aromatic N) is 2. The number of aliphatic hydroxyl groups is 1. The Bertz CT molecular complexity index is 582. The first kappa shape index (κ1) is 17.0. The van der Waals surface area contributed by atoms with Crippen molar-refractivity contribution >= 4 is 23.2 Å². The molecule has 6 nitrogen and oxygen atoms in total. The van der Waals surface area contributed by atoms with E-state index in [-0.39, 0.29) is 5.60 Å². The quantitative estimate of drug-likeness (QED) is 0.832. The average molecular weight is 328 g/mol. The van der Waals surface area contributed by atoms with Crippen LogP contribution in [0.4, 0.5) is 5.69 Å². The summed E-state index contributed by atoms with van der Waals surface area (Å²) in [5, 5.41) is 13.0. The molecule has 0 amide bonds. The molecule has 1 aromatic heterocycles. The van der Waals surface area contributed by atoms with E-state index in [4.69, 9.17) is 21.1 Å². The Morgan fingerprint density at radius 2 is 2.14 bits per heavy atom. The number of ether oxygens (including phenoxy) is 2. The van der Waals surface area contributed by atoms with Crippen molar-refractivity contribution in [2.24, 2.45) is 4.99 Å². The van der Waals surface area contributed by atoms with E-state index in [0.717, 1.165) is 0 Å². The fourth-order valence-electron chi connectivity index (χ4n) is 1.89. The molecule has 2 rings (SSSR count). The fourth-order valence-corrected chi connectivity index (χ4v) is 2.14. The van der Waals surface area contributed by atoms with E-state index in [1.54, 1.807) is 12.3 Å². The summed E-state index contributed by atoms with van der Waals surface area (Å²) < 4.78 is 11.1. The molecule has 2 N–H and O–H groups in total. The zero-order valence-electron chi connectivity index (χ0n) is 13.5. The first-order valence-corrected chi connectivity index (χ1v) is 7.45. The van der Waals surface area contributed by atoms with Crippen LogP contribution in [0.1, 0.15) is 40.3 Å². The second-order valence-electron chi connectivity index (χ2n) is 6.76. The Kier molecular flexibility index (Phi) is 4.65. The van der Waals surface area contributed by atoms with E-state index >= 15 is 0 Å². The van der Waals surface area contributed by atoms with E-state index in [1.807, 2.05) is 34.6 Å². The molecule has 0 spiro atoms. The normalized spacial score (nSPS) is 18.6. The minimum Gasteiger partial charge on any atom is -0.468 e. The van der Waals surface area contributed by atoms with Gasteiger partial charge in [-0.15, -0.1) is 0 Å². The number of anilines is 1. The molecule has 0 fully saturated rings. The van der Waals surface area contributed by atoms with Crippen LogP contribution < -0.4 is 5.32 Å². The van der Waals surface area contributed by atoms with Crippen LogP contribution in [0.15, 0.2) is 17.3 Å². The Hall–Kier alpha value is -1.37. The maximum absolute atomic E-state index is 9.83. The number of rotatable bonds is 4. The van der Waals surface area contributed by atoms with Gasteiger partial charge in [0.15, 0.2) is 0 Å². The molecule has 1 aromatic rings. The maximum Gasteiger partial charge on any atom is 0.237 e. The highest BCUT2D eigenvalue weighted by atomic mass is 35.5. The molecule has 122 valence electrons. The van der Waals surface area contributed by atoms with Crippen LogP contribution in [-0.2, 0) is 9.47 Å². The number of aliphatic hydroxyl groups excluding tert-OH is 1. The molecular weight excluding hydrogens is 306 g/mol. The van der Waals surface area contributed by atoms with E-state index in [1.165, 1.54) is 0 Å². The summed E-state index contributed by atoms with van der Waals surface area (Å²) in [5.41, 5.74) is 0.225. The highest BCUT2D eigenvalue weighted by Crippen LogP contribution is 2.26. The number of pyridine rings is 1. The first-order chi connectivity index (χ1) is 10.1. The van der Waals surface area contributed by atoms with Crippen molar-refractivity contribution in [3.8, 4) is 0 Å². The predicted molar refractivity (Wildman–Crippen MR) is 86.3 cm³/mol. The molecule has 1 unspecified atom stereocenters. The van der Waals surface area contributed by atoms with Crippen molar-refractivity contribution < 1.29 is 14.6 Å². The Morgan fingerprint density at radius 3 is 2.64 bits per heavy atom. The molecule has 22 heavy (non-hydrogen) atoms. The third-order valence-electron chi connectivity index (χ3n) is 2.78. The molecule has 1 aliphatic rings. The molecule has 0 radical (unpaired) electrons. The summed E-state index contributed by atoms with van der Waals surface area (Å²) in [4.78, 5) is 8.57. The van der Waals surface area contributed by atoms with E-state index in [0.29, 0.717) is 28.8 Å². The van der Waals surface area contributed by atoms with Gasteiger partial charge in [0.1, 0.15) is 11.3 Å². The van der Waals surface area contributed by atoms with E-state index < -0.39 is 12.0 Å². The summed E-state index contributed by atoms with van der Waals surface area (Å²) in [7, 11) is 0. The smallest absolute Gasteiger partial charge is 0.237 e. The largest absolute Gasteiger partial charge is 0.468 e. The molecule has 0 bridgehead atoms. The summed E-state index contributed by atoms with van der Waals surface area (Å²) in [6.45, 7) is 10.0. The zero-order valence-corrected chi connectivity index (χ0v) is 14.2. The third-order valence-corrected chi connectivity index (χ3v) is 3.06. The number of hydrogen-bond donors (Lipinski definition) is 2. The fraction of sp³-hybridized carbons (Fsp3) is 0.600. The molecule has 2 heterocycles. The van der Waals surface area contributed by atoms with Crippen LogP contribution in [0.5, 0.6) is 0 Å². The van der Waals surface area contributed by atoms with Gasteiger partial charge in [-0.25, -0.2) is 9.98 Å². The standard InChI is InChI=1S/C15H22ClN3O3/c1-14(2,3)22-13(20)19-9-6-10(16)11(17-7-9)12-18-8-15(4,5)21-12/h6-7,13,19-20H,8H2,1-5H3. The van der Waals surface area contributed by atoms with Crippen LogP contribution >= 0.6 is 11.6 Å². The zero-order chi connectivity index (χ0) is 16.5. The Morgan fingerprint density at radius 1 is 1.45 bits per heavy atom. The van der Waals surface area contributed by atoms with Crippen molar-refractivity contribution in [2.75, 3.05) is 11.9 Å². The van der Waals surface area contributed by atoms with Gasteiger partial charge in [-0.3, -0.25) is 0 Å². The van der Waals surface area contributed by atoms with Crippen molar-refractivity contribution in [2.45, 2.75) is 52.2 Å². The lowest BCUT2D eigenvalue weighted by Gasteiger charge is -2.25. The topological polar surface area (TPSA) is 76.0 Å². The van der Waals surface area contributed by atoms with Crippen molar-refractivity contribution in [1.82, 2.24) is 4.98 Å². The Labute approximate surface area is 135 Å². The van der Waals surface area contributed by atoms with Crippen molar-refractivity contribution in [3.05, 3.63) is 23.0 Å². The van der Waals surface area contributed by atoms with Crippen LogP contribution in [0, 0.1) is 0 Å². The molecule has 7 heteroatoms. The molecule has 0 saturated heterocycles. The maximum atomic E-state index is 9.83. The molecule has 1 aliphatic heterocycles. The molecule has 0 aromatic carbocycles. The summed E-state index contributed by atoms with van der Waals surface area (Å²) in [6, 6.07) is 1.65. The molecule has 0 aliphatic carbocycles. The van der Waals surface area contributed by atoms with E-state index in [9.17, 15) is 5.11 Å². The molecular formula is C15H22ClN3O3. The van der Waals surface area contributed by atoms with Gasteiger partial charge >= 0.3 is 0 Å². The highest BCUT2D eigenvalue weighted by Gasteiger charge is 2.30. The second kappa shape index (κ2) is 6.02. The van der Waals surface area contributed by atoms with Gasteiger partial charge in [0, 0.05) is 0 Å². The first-order valence-electron chi connectivity index (χ1n) is 7.08. The van der Waals surface area contributed by atoms with Gasteiger partial charge in [0.05, 0.1) is 29.1 Å². The van der Waals surface area contributed by atoms with E-state index in [2.05, 4.69) is 15.3 Å². The highest BCUT2D eigenvalue weighted by molar-refractivity contribution is 6.33. The molecule has 1 atom stereocenters. The number of aromatic nitrogens is 1. The number of hydrogen-bond acceptors (Lipinski definition) is 6. The average Bonchev–Trinajstić information content (AvgIpc) is 2.67. The second-order valence-corrected chi connectivity index (χ2v) is 7.17. The summed E-state index contributed by atoms with van der Waals surface area (Å²) in [5.74, 6) is 0.438. The number of aliphatic imine (C=N–C) groups is 1. The number of halogens is 1. The third kappa shape index (κ3) is 4.56. The summed E-state index contributed by atoms with van der Waals surface area (Å²) in [6.07, 6.45) is 0.399. The minimum atomic E-state index is -1.15. The predicted octanol–water partition coefficient (Wildman–Crippen LogP) is 2.79. The van der Waals surface area contributed by atoms with Crippen molar-refractivity contribution in [1.29, 1.82) is 0 Å². The lowest BCUT2D eigenvalue weighted by atomic mass is 10.1. The van der Waals surface area contributed by atoms with Gasteiger partial charge in [0.2, 0.25) is 12.3 Å². The lowest BCUT2D eigenvalue weighted by Crippen LogP contribution is -2.32. The van der Waals surface area contributed by atoms with Gasteiger partial charge in [-0.1, -0.05) is 11.6 Å². The van der Waals surface area contributed by atoms with Crippen LogP contribution in [-0.4, -0.2) is 40.1 Å². The van der Waals surface area contributed by atoms with Gasteiger partial charge in [0.25, 0.3) is 0 Å². The molecule has 0 saturated carbocycles. The minimum absolute atomic E-state index is 0.339. The van der Waals surface area contributed by atoms with Gasteiger partial charge in [-0.05, 0) is 40.7 Å². The SMILES string of the molecule is CC(C)(C)OC(O)Nc1cnc(C2=NCC(C)(C)O2)c(Cl)c1. The summed E-state index contributed by atoms with van der Waals surface area (Å²) >= 11 is 6.23. The number of nitrogens with one attached hydrogen (secondary N) is 1. The van der Waals surface area contributed by atoms with Gasteiger partial charge < -0.3 is 19.9 Å². The lowest BCUT2D eigenvalue weighted by molar-refractivity contribution is -0.148. The van der Waals surface area contributed by atoms with Gasteiger partial charge in [-0.2, -0.15) is 0 Å². The van der Waals surface area contributed by atoms with Crippen molar-refractivity contribution in [3.63, 3.8) is 0 Å². The monoisotopic (exact) mass is 327 g/mol. The van der Waals surface area contributed by atoms with Crippen LogP contribution in [0.2, 0.25) is 5.02 Å². The van der Waals surface area contributed by atoms with Crippen LogP contribution in [0.3, 0.4) is 0 Å². The Balaban J connectivity index is 2.07. The van der Waals surface area contributed by atoms with Crippen LogP contribution in [0.25, 0.3) is 0 Å².